The lowest BCUT2D eigenvalue weighted by molar-refractivity contribution is 0.576. The van der Waals surface area contributed by atoms with Gasteiger partial charge in [-0.2, -0.15) is 0 Å². The van der Waals surface area contributed by atoms with Gasteiger partial charge in [0.2, 0.25) is 0 Å². The molecule has 0 amide bonds. The average Bonchev–Trinajstić information content (AvgIpc) is 2.92. The van der Waals surface area contributed by atoms with E-state index in [0.717, 1.165) is 30.7 Å². The van der Waals surface area contributed by atoms with Crippen molar-refractivity contribution >= 4 is 0 Å². The van der Waals surface area contributed by atoms with E-state index in [4.69, 9.17) is 0 Å². The number of aryl methyl sites for hydroxylation is 1. The van der Waals surface area contributed by atoms with Gasteiger partial charge in [-0.1, -0.05) is 13.8 Å². The van der Waals surface area contributed by atoms with Gasteiger partial charge in [0.1, 0.15) is 5.82 Å². The van der Waals surface area contributed by atoms with Crippen LogP contribution in [0, 0.1) is 5.92 Å². The van der Waals surface area contributed by atoms with Gasteiger partial charge in [-0.3, -0.25) is 0 Å². The molecule has 2 rings (SSSR count). The molecular weight excluding hydrogens is 186 g/mol. The van der Waals surface area contributed by atoms with Gasteiger partial charge < -0.3 is 10.3 Å². The van der Waals surface area contributed by atoms with Gasteiger partial charge in [0.15, 0.2) is 0 Å². The molecule has 0 aliphatic heterocycles. The Hall–Kier alpha value is -0.830. The third kappa shape index (κ3) is 3.67. The summed E-state index contributed by atoms with van der Waals surface area (Å²) >= 11 is 0. The maximum absolute atomic E-state index is 4.39. The van der Waals surface area contributed by atoms with Gasteiger partial charge in [-0.15, -0.1) is 0 Å². The van der Waals surface area contributed by atoms with Gasteiger partial charge in [0.05, 0.1) is 0 Å². The zero-order valence-electron chi connectivity index (χ0n) is 9.71. The normalized spacial score (nSPS) is 16.2. The Morgan fingerprint density at radius 3 is 3.00 bits per heavy atom. The van der Waals surface area contributed by atoms with Crippen molar-refractivity contribution in [2.45, 2.75) is 52.1 Å². The summed E-state index contributed by atoms with van der Waals surface area (Å²) in [5.41, 5.74) is 1.22. The molecule has 0 saturated heterocycles. The minimum Gasteiger partial charge on any atom is -0.345 e. The minimum atomic E-state index is 0.753. The Bertz CT molecular complexity index is 279. The van der Waals surface area contributed by atoms with Crippen LogP contribution >= 0.6 is 0 Å². The molecule has 1 aliphatic rings. The molecule has 0 radical (unpaired) electrons. The topological polar surface area (TPSA) is 40.7 Å². The molecule has 0 atom stereocenters. The zero-order valence-corrected chi connectivity index (χ0v) is 9.71. The van der Waals surface area contributed by atoms with Gasteiger partial charge in [0.25, 0.3) is 0 Å². The second-order valence-corrected chi connectivity index (χ2v) is 4.94. The van der Waals surface area contributed by atoms with E-state index in [2.05, 4.69) is 29.1 Å². The van der Waals surface area contributed by atoms with Gasteiger partial charge in [-0.05, 0) is 25.2 Å². The molecule has 1 fully saturated rings. The van der Waals surface area contributed by atoms with Gasteiger partial charge in [-0.25, -0.2) is 4.98 Å². The van der Waals surface area contributed by atoms with Crippen molar-refractivity contribution in [3.05, 3.63) is 17.7 Å². The predicted molar refractivity (Wildman–Crippen MR) is 61.6 cm³/mol. The quantitative estimate of drug-likeness (QED) is 0.751. The SMILES string of the molecule is CC(C)CCc1ncc(CNC2CC2)[nH]1. The first-order chi connectivity index (χ1) is 7.24. The van der Waals surface area contributed by atoms with Crippen molar-refractivity contribution < 1.29 is 0 Å². The van der Waals surface area contributed by atoms with Crippen LogP contribution in [0.3, 0.4) is 0 Å². The number of H-pyrrole nitrogens is 1. The molecule has 1 aromatic heterocycles. The van der Waals surface area contributed by atoms with E-state index in [1.54, 1.807) is 0 Å². The van der Waals surface area contributed by atoms with Gasteiger partial charge in [0, 0.05) is 30.9 Å². The number of nitrogens with zero attached hydrogens (tertiary/aromatic N) is 1. The highest BCUT2D eigenvalue weighted by atomic mass is 15.0. The molecule has 1 aliphatic carbocycles. The van der Waals surface area contributed by atoms with Crippen LogP contribution in [-0.2, 0) is 13.0 Å². The fraction of sp³-hybridized carbons (Fsp3) is 0.750. The van der Waals surface area contributed by atoms with Gasteiger partial charge >= 0.3 is 0 Å². The summed E-state index contributed by atoms with van der Waals surface area (Å²) < 4.78 is 0. The highest BCUT2D eigenvalue weighted by Gasteiger charge is 2.20. The third-order valence-corrected chi connectivity index (χ3v) is 2.80. The van der Waals surface area contributed by atoms with E-state index >= 15 is 0 Å². The second kappa shape index (κ2) is 4.79. The highest BCUT2D eigenvalue weighted by Crippen LogP contribution is 2.19. The fourth-order valence-corrected chi connectivity index (χ4v) is 1.59. The van der Waals surface area contributed by atoms with Crippen LogP contribution in [0.2, 0.25) is 0 Å². The maximum Gasteiger partial charge on any atom is 0.106 e. The number of nitrogens with one attached hydrogen (secondary N) is 2. The minimum absolute atomic E-state index is 0.753. The van der Waals surface area contributed by atoms with Crippen molar-refractivity contribution in [3.8, 4) is 0 Å². The molecule has 2 N–H and O–H groups in total. The van der Waals surface area contributed by atoms with Crippen molar-refractivity contribution in [3.63, 3.8) is 0 Å². The lowest BCUT2D eigenvalue weighted by atomic mass is 10.1. The van der Waals surface area contributed by atoms with E-state index < -0.39 is 0 Å². The predicted octanol–water partition coefficient (Wildman–Crippen LogP) is 2.25. The molecular formula is C12H21N3. The number of hydrogen-bond donors (Lipinski definition) is 2. The van der Waals surface area contributed by atoms with Crippen LogP contribution in [0.1, 0.15) is 44.6 Å². The molecule has 0 spiro atoms. The van der Waals surface area contributed by atoms with Crippen molar-refractivity contribution in [2.24, 2.45) is 5.92 Å². The Morgan fingerprint density at radius 2 is 2.33 bits per heavy atom. The van der Waals surface area contributed by atoms with Crippen LogP contribution < -0.4 is 5.32 Å². The summed E-state index contributed by atoms with van der Waals surface area (Å²) in [6.07, 6.45) is 6.93. The summed E-state index contributed by atoms with van der Waals surface area (Å²) in [5, 5.41) is 3.48. The zero-order chi connectivity index (χ0) is 10.7. The molecule has 0 bridgehead atoms. The van der Waals surface area contributed by atoms with Crippen molar-refractivity contribution in [1.82, 2.24) is 15.3 Å². The lowest BCUT2D eigenvalue weighted by Gasteiger charge is -2.01. The van der Waals surface area contributed by atoms with Crippen LogP contribution in [0.5, 0.6) is 0 Å². The molecule has 3 heteroatoms. The van der Waals surface area contributed by atoms with E-state index in [1.807, 2.05) is 6.20 Å². The number of aromatic amines is 1. The number of aromatic nitrogens is 2. The van der Waals surface area contributed by atoms with E-state index in [1.165, 1.54) is 25.0 Å². The smallest absolute Gasteiger partial charge is 0.106 e. The monoisotopic (exact) mass is 207 g/mol. The molecule has 1 aromatic rings. The largest absolute Gasteiger partial charge is 0.345 e. The third-order valence-electron chi connectivity index (χ3n) is 2.80. The van der Waals surface area contributed by atoms with Crippen LogP contribution in [0.25, 0.3) is 0 Å². The molecule has 15 heavy (non-hydrogen) atoms. The maximum atomic E-state index is 4.39. The standard InChI is InChI=1S/C12H21N3/c1-9(2)3-6-12-14-8-11(15-12)7-13-10-4-5-10/h8-10,13H,3-7H2,1-2H3,(H,14,15). The second-order valence-electron chi connectivity index (χ2n) is 4.94. The van der Waals surface area contributed by atoms with Crippen molar-refractivity contribution in [1.29, 1.82) is 0 Å². The summed E-state index contributed by atoms with van der Waals surface area (Å²) in [4.78, 5) is 7.77. The summed E-state index contributed by atoms with van der Waals surface area (Å²) in [7, 11) is 0. The molecule has 1 saturated carbocycles. The van der Waals surface area contributed by atoms with E-state index in [0.29, 0.717) is 0 Å². The first-order valence-electron chi connectivity index (χ1n) is 6.00. The first-order valence-corrected chi connectivity index (χ1v) is 6.00. The van der Waals surface area contributed by atoms with Crippen LogP contribution in [0.4, 0.5) is 0 Å². The Morgan fingerprint density at radius 1 is 1.53 bits per heavy atom. The summed E-state index contributed by atoms with van der Waals surface area (Å²) in [6, 6.07) is 0.771. The molecule has 3 nitrogen and oxygen atoms in total. The Labute approximate surface area is 91.7 Å². The fourth-order valence-electron chi connectivity index (χ4n) is 1.59. The lowest BCUT2D eigenvalue weighted by Crippen LogP contribution is -2.15. The first kappa shape index (κ1) is 10.7. The highest BCUT2D eigenvalue weighted by molar-refractivity contribution is 5.02. The molecule has 1 heterocycles. The van der Waals surface area contributed by atoms with E-state index in [-0.39, 0.29) is 0 Å². The van der Waals surface area contributed by atoms with Crippen LogP contribution in [-0.4, -0.2) is 16.0 Å². The van der Waals surface area contributed by atoms with Crippen molar-refractivity contribution in [2.75, 3.05) is 0 Å². The summed E-state index contributed by atoms with van der Waals surface area (Å²) in [6.45, 7) is 5.44. The number of imidazole rings is 1. The summed E-state index contributed by atoms with van der Waals surface area (Å²) in [5.74, 6) is 1.89. The Balaban J connectivity index is 1.75. The molecule has 0 unspecified atom stereocenters. The number of rotatable bonds is 6. The van der Waals surface area contributed by atoms with E-state index in [9.17, 15) is 0 Å². The number of hydrogen-bond acceptors (Lipinski definition) is 2. The Kier molecular flexibility index (Phi) is 3.41. The average molecular weight is 207 g/mol. The van der Waals surface area contributed by atoms with Crippen LogP contribution in [0.15, 0.2) is 6.20 Å². The molecule has 0 aromatic carbocycles. The molecule has 84 valence electrons.